The number of halogens is 2. The zero-order valence-electron chi connectivity index (χ0n) is 12.0. The van der Waals surface area contributed by atoms with Gasteiger partial charge in [0.2, 0.25) is 5.91 Å². The highest BCUT2D eigenvalue weighted by Gasteiger charge is 2.51. The molecule has 0 atom stereocenters. The van der Waals surface area contributed by atoms with Crippen LogP contribution in [-0.4, -0.2) is 13.0 Å². The van der Waals surface area contributed by atoms with Gasteiger partial charge in [-0.25, -0.2) is 4.39 Å². The maximum absolute atomic E-state index is 13.2. The second-order valence-electron chi connectivity index (χ2n) is 5.39. The Morgan fingerprint density at radius 1 is 1.23 bits per heavy atom. The van der Waals surface area contributed by atoms with Gasteiger partial charge in [-0.1, -0.05) is 23.7 Å². The van der Waals surface area contributed by atoms with Crippen LogP contribution in [-0.2, 0) is 10.2 Å². The molecule has 2 aromatic carbocycles. The third-order valence-corrected chi connectivity index (χ3v) is 4.29. The maximum atomic E-state index is 13.2. The highest BCUT2D eigenvalue weighted by molar-refractivity contribution is 6.31. The Hall–Kier alpha value is -2.07. The molecule has 1 N–H and O–H groups in total. The van der Waals surface area contributed by atoms with Gasteiger partial charge in [-0.2, -0.15) is 0 Å². The summed E-state index contributed by atoms with van der Waals surface area (Å²) in [6.45, 7) is 0. The first-order chi connectivity index (χ1) is 10.5. The Kier molecular flexibility index (Phi) is 3.79. The minimum atomic E-state index is -0.507. The Bertz CT molecular complexity index is 711. The normalized spacial score (nSPS) is 15.2. The molecule has 1 aliphatic carbocycles. The van der Waals surface area contributed by atoms with Crippen LogP contribution < -0.4 is 10.1 Å². The van der Waals surface area contributed by atoms with E-state index in [1.165, 1.54) is 18.2 Å². The molecule has 0 aliphatic heterocycles. The van der Waals surface area contributed by atoms with E-state index >= 15 is 0 Å². The molecule has 0 radical (unpaired) electrons. The molecule has 0 spiro atoms. The van der Waals surface area contributed by atoms with Gasteiger partial charge >= 0.3 is 0 Å². The van der Waals surface area contributed by atoms with E-state index in [4.69, 9.17) is 16.3 Å². The van der Waals surface area contributed by atoms with Crippen LogP contribution in [0.4, 0.5) is 10.1 Å². The average molecular weight is 320 g/mol. The van der Waals surface area contributed by atoms with Crippen molar-refractivity contribution in [2.24, 2.45) is 0 Å². The quantitative estimate of drug-likeness (QED) is 0.919. The number of hydrogen-bond donors (Lipinski definition) is 1. The number of carbonyl (C=O) groups excluding carboxylic acids is 1. The number of hydrogen-bond acceptors (Lipinski definition) is 2. The lowest BCUT2D eigenvalue weighted by molar-refractivity contribution is -0.118. The number of amides is 1. The molecule has 0 aromatic heterocycles. The number of nitrogens with one attached hydrogen (secondary N) is 1. The second kappa shape index (κ2) is 5.61. The van der Waals surface area contributed by atoms with Crippen LogP contribution in [0.1, 0.15) is 18.4 Å². The number of rotatable bonds is 4. The summed E-state index contributed by atoms with van der Waals surface area (Å²) in [5, 5.41) is 2.81. The Morgan fingerprint density at radius 3 is 2.45 bits per heavy atom. The standard InChI is InChI=1S/C17H15ClFNO2/c1-22-13-5-2-11(3-6-13)17(8-9-17)16(21)20-12-4-7-15(19)14(18)10-12/h2-7,10H,8-9H2,1H3,(H,20,21). The van der Waals surface area contributed by atoms with Gasteiger partial charge in [0, 0.05) is 5.69 Å². The fraction of sp³-hybridized carbons (Fsp3) is 0.235. The first-order valence-corrected chi connectivity index (χ1v) is 7.34. The van der Waals surface area contributed by atoms with Crippen LogP contribution in [0.3, 0.4) is 0 Å². The van der Waals surface area contributed by atoms with Gasteiger partial charge in [0.1, 0.15) is 11.6 Å². The molecule has 1 aliphatic rings. The van der Waals surface area contributed by atoms with Crippen molar-refractivity contribution in [1.29, 1.82) is 0 Å². The molecular weight excluding hydrogens is 305 g/mol. The number of anilines is 1. The second-order valence-corrected chi connectivity index (χ2v) is 5.80. The molecule has 114 valence electrons. The molecule has 1 fully saturated rings. The van der Waals surface area contributed by atoms with Crippen LogP contribution in [0.5, 0.6) is 5.75 Å². The van der Waals surface area contributed by atoms with Gasteiger partial charge in [-0.05, 0) is 48.7 Å². The maximum Gasteiger partial charge on any atom is 0.235 e. The van der Waals surface area contributed by atoms with Crippen molar-refractivity contribution in [3.05, 3.63) is 58.9 Å². The van der Waals surface area contributed by atoms with Gasteiger partial charge in [-0.15, -0.1) is 0 Å². The van der Waals surface area contributed by atoms with Crippen molar-refractivity contribution >= 4 is 23.2 Å². The Labute approximate surface area is 133 Å². The zero-order valence-corrected chi connectivity index (χ0v) is 12.8. The van der Waals surface area contributed by atoms with Crippen LogP contribution in [0.25, 0.3) is 0 Å². The average Bonchev–Trinajstić information content (AvgIpc) is 3.33. The molecule has 0 heterocycles. The van der Waals surface area contributed by atoms with E-state index in [-0.39, 0.29) is 10.9 Å². The molecule has 5 heteroatoms. The summed E-state index contributed by atoms with van der Waals surface area (Å²) < 4.78 is 18.3. The van der Waals surface area contributed by atoms with Crippen molar-refractivity contribution in [2.45, 2.75) is 18.3 Å². The van der Waals surface area contributed by atoms with Crippen molar-refractivity contribution < 1.29 is 13.9 Å². The van der Waals surface area contributed by atoms with E-state index < -0.39 is 11.2 Å². The van der Waals surface area contributed by atoms with Crippen molar-refractivity contribution in [3.63, 3.8) is 0 Å². The minimum absolute atomic E-state index is 0.00732. The summed E-state index contributed by atoms with van der Waals surface area (Å²) in [5.74, 6) is 0.154. The predicted octanol–water partition coefficient (Wildman–Crippen LogP) is 4.16. The smallest absolute Gasteiger partial charge is 0.235 e. The molecule has 1 saturated carbocycles. The molecule has 0 unspecified atom stereocenters. The van der Waals surface area contributed by atoms with Gasteiger partial charge < -0.3 is 10.1 Å². The molecule has 3 rings (SSSR count). The topological polar surface area (TPSA) is 38.3 Å². The van der Waals surface area contributed by atoms with Crippen molar-refractivity contribution in [1.82, 2.24) is 0 Å². The molecule has 0 bridgehead atoms. The fourth-order valence-corrected chi connectivity index (χ4v) is 2.69. The molecule has 1 amide bonds. The lowest BCUT2D eigenvalue weighted by atomic mass is 9.95. The third kappa shape index (κ3) is 2.66. The van der Waals surface area contributed by atoms with Gasteiger partial charge in [0.25, 0.3) is 0 Å². The summed E-state index contributed by atoms with van der Waals surface area (Å²) in [6.07, 6.45) is 1.58. The van der Waals surface area contributed by atoms with Crippen LogP contribution in [0, 0.1) is 5.82 Å². The molecule has 2 aromatic rings. The molecule has 22 heavy (non-hydrogen) atoms. The van der Waals surface area contributed by atoms with Crippen molar-refractivity contribution in [3.8, 4) is 5.75 Å². The summed E-state index contributed by atoms with van der Waals surface area (Å²) in [7, 11) is 1.60. The zero-order chi connectivity index (χ0) is 15.7. The SMILES string of the molecule is COc1ccc(C2(C(=O)Nc3ccc(F)c(Cl)c3)CC2)cc1. The fourth-order valence-electron chi connectivity index (χ4n) is 2.51. The summed E-state index contributed by atoms with van der Waals surface area (Å²) in [5.41, 5.74) is 0.947. The largest absolute Gasteiger partial charge is 0.497 e. The van der Waals surface area contributed by atoms with E-state index in [1.807, 2.05) is 24.3 Å². The number of carbonyl (C=O) groups is 1. The lowest BCUT2D eigenvalue weighted by Gasteiger charge is -2.16. The van der Waals surface area contributed by atoms with E-state index in [9.17, 15) is 9.18 Å². The van der Waals surface area contributed by atoms with Crippen molar-refractivity contribution in [2.75, 3.05) is 12.4 Å². The number of benzene rings is 2. The van der Waals surface area contributed by atoms with Gasteiger partial charge in [0.05, 0.1) is 17.5 Å². The summed E-state index contributed by atoms with van der Waals surface area (Å²) >= 11 is 5.74. The number of ether oxygens (including phenoxy) is 1. The first kappa shape index (κ1) is 14.9. The minimum Gasteiger partial charge on any atom is -0.497 e. The molecule has 3 nitrogen and oxygen atoms in total. The first-order valence-electron chi connectivity index (χ1n) is 6.96. The van der Waals surface area contributed by atoms with E-state index in [0.717, 1.165) is 24.2 Å². The van der Waals surface area contributed by atoms with E-state index in [1.54, 1.807) is 7.11 Å². The molecule has 0 saturated heterocycles. The number of methoxy groups -OCH3 is 1. The van der Waals surface area contributed by atoms with Gasteiger partial charge in [0.15, 0.2) is 0 Å². The summed E-state index contributed by atoms with van der Waals surface area (Å²) in [6, 6.07) is 11.7. The Morgan fingerprint density at radius 2 is 1.91 bits per heavy atom. The predicted molar refractivity (Wildman–Crippen MR) is 83.9 cm³/mol. The Balaban J connectivity index is 1.79. The summed E-state index contributed by atoms with van der Waals surface area (Å²) in [4.78, 5) is 12.6. The van der Waals surface area contributed by atoms with Crippen LogP contribution in [0.15, 0.2) is 42.5 Å². The van der Waals surface area contributed by atoms with Crippen LogP contribution >= 0.6 is 11.6 Å². The van der Waals surface area contributed by atoms with Crippen LogP contribution in [0.2, 0.25) is 5.02 Å². The van der Waals surface area contributed by atoms with E-state index in [2.05, 4.69) is 5.32 Å². The highest BCUT2D eigenvalue weighted by Crippen LogP contribution is 2.49. The third-order valence-electron chi connectivity index (χ3n) is 4.00. The van der Waals surface area contributed by atoms with Gasteiger partial charge in [-0.3, -0.25) is 4.79 Å². The monoisotopic (exact) mass is 319 g/mol. The molecular formula is C17H15ClFNO2. The highest BCUT2D eigenvalue weighted by atomic mass is 35.5. The lowest BCUT2D eigenvalue weighted by Crippen LogP contribution is -2.27. The van der Waals surface area contributed by atoms with E-state index in [0.29, 0.717) is 5.69 Å².